The van der Waals surface area contributed by atoms with E-state index in [1.54, 1.807) is 0 Å². The summed E-state index contributed by atoms with van der Waals surface area (Å²) in [6, 6.07) is 0. The summed E-state index contributed by atoms with van der Waals surface area (Å²) < 4.78 is 0. The predicted octanol–water partition coefficient (Wildman–Crippen LogP) is 3.61. The van der Waals surface area contributed by atoms with E-state index in [4.69, 9.17) is 0 Å². The van der Waals surface area contributed by atoms with Crippen LogP contribution in [0.2, 0.25) is 0 Å². The van der Waals surface area contributed by atoms with E-state index in [0.29, 0.717) is 5.41 Å². The molecular weight excluding hydrogens is 120 g/mol. The van der Waals surface area contributed by atoms with Crippen molar-refractivity contribution in [2.45, 2.75) is 52.9 Å². The lowest BCUT2D eigenvalue weighted by Gasteiger charge is -2.44. The maximum atomic E-state index is 2.41. The third kappa shape index (κ3) is 1.53. The Morgan fingerprint density at radius 2 is 2.10 bits per heavy atom. The molecule has 0 heteroatoms. The van der Waals surface area contributed by atoms with Gasteiger partial charge in [0.2, 0.25) is 0 Å². The van der Waals surface area contributed by atoms with Crippen LogP contribution in [0.1, 0.15) is 52.9 Å². The van der Waals surface area contributed by atoms with Crippen molar-refractivity contribution in [2.75, 3.05) is 0 Å². The molecule has 1 atom stereocenters. The van der Waals surface area contributed by atoms with Gasteiger partial charge in [0, 0.05) is 0 Å². The van der Waals surface area contributed by atoms with Gasteiger partial charge in [0.1, 0.15) is 0 Å². The van der Waals surface area contributed by atoms with Crippen LogP contribution in [0.15, 0.2) is 0 Å². The SMILES string of the molecule is CCCCC1CCC1(C)C. The Balaban J connectivity index is 2.17. The Kier molecular flexibility index (Phi) is 2.38. The number of unbranched alkanes of at least 4 members (excludes halogenated alkanes) is 1. The van der Waals surface area contributed by atoms with Crippen molar-refractivity contribution in [1.82, 2.24) is 0 Å². The fraction of sp³-hybridized carbons (Fsp3) is 1.00. The molecule has 0 aromatic carbocycles. The zero-order chi connectivity index (χ0) is 7.61. The van der Waals surface area contributed by atoms with Gasteiger partial charge in [-0.1, -0.05) is 33.6 Å². The quantitative estimate of drug-likeness (QED) is 0.561. The summed E-state index contributed by atoms with van der Waals surface area (Å²) in [7, 11) is 0. The molecule has 0 radical (unpaired) electrons. The summed E-state index contributed by atoms with van der Waals surface area (Å²) in [4.78, 5) is 0. The second kappa shape index (κ2) is 2.94. The van der Waals surface area contributed by atoms with Crippen LogP contribution in [0.25, 0.3) is 0 Å². The maximum absolute atomic E-state index is 2.41. The minimum absolute atomic E-state index is 0.690. The molecule has 1 saturated carbocycles. The Bertz CT molecular complexity index is 103. The predicted molar refractivity (Wildman–Crippen MR) is 46.0 cm³/mol. The first-order valence-electron chi connectivity index (χ1n) is 4.67. The highest BCUT2D eigenvalue weighted by atomic mass is 14.4. The van der Waals surface area contributed by atoms with Crippen LogP contribution in [0, 0.1) is 11.3 Å². The highest BCUT2D eigenvalue weighted by molar-refractivity contribution is 4.87. The van der Waals surface area contributed by atoms with Crippen LogP contribution in [-0.2, 0) is 0 Å². The zero-order valence-electron chi connectivity index (χ0n) is 7.61. The Labute approximate surface area is 65.0 Å². The molecule has 0 aromatic rings. The third-order valence-corrected chi connectivity index (χ3v) is 3.15. The highest BCUT2D eigenvalue weighted by Crippen LogP contribution is 2.48. The molecule has 1 aliphatic rings. The molecule has 1 fully saturated rings. The third-order valence-electron chi connectivity index (χ3n) is 3.15. The van der Waals surface area contributed by atoms with Gasteiger partial charge in [-0.2, -0.15) is 0 Å². The molecule has 1 aliphatic carbocycles. The van der Waals surface area contributed by atoms with Crippen LogP contribution >= 0.6 is 0 Å². The summed E-state index contributed by atoms with van der Waals surface area (Å²) in [6.07, 6.45) is 7.23. The van der Waals surface area contributed by atoms with Crippen molar-refractivity contribution in [3.63, 3.8) is 0 Å². The van der Waals surface area contributed by atoms with E-state index in [1.165, 1.54) is 32.1 Å². The summed E-state index contributed by atoms with van der Waals surface area (Å²) >= 11 is 0. The summed E-state index contributed by atoms with van der Waals surface area (Å²) in [6.45, 7) is 7.11. The van der Waals surface area contributed by atoms with Crippen molar-refractivity contribution in [3.8, 4) is 0 Å². The van der Waals surface area contributed by atoms with Gasteiger partial charge in [-0.3, -0.25) is 0 Å². The molecule has 0 bridgehead atoms. The highest BCUT2D eigenvalue weighted by Gasteiger charge is 2.37. The second-order valence-electron chi connectivity index (χ2n) is 4.37. The van der Waals surface area contributed by atoms with Crippen molar-refractivity contribution < 1.29 is 0 Å². The molecule has 0 nitrogen and oxygen atoms in total. The van der Waals surface area contributed by atoms with Crippen LogP contribution < -0.4 is 0 Å². The molecule has 60 valence electrons. The summed E-state index contributed by atoms with van der Waals surface area (Å²) in [5.74, 6) is 1.05. The summed E-state index contributed by atoms with van der Waals surface area (Å²) in [5.41, 5.74) is 0.690. The van der Waals surface area contributed by atoms with Gasteiger partial charge in [-0.15, -0.1) is 0 Å². The normalized spacial score (nSPS) is 29.7. The minimum atomic E-state index is 0.690. The molecular formula is C10H20. The van der Waals surface area contributed by atoms with Crippen molar-refractivity contribution >= 4 is 0 Å². The molecule has 0 amide bonds. The van der Waals surface area contributed by atoms with Gasteiger partial charge in [0.05, 0.1) is 0 Å². The minimum Gasteiger partial charge on any atom is -0.0654 e. The largest absolute Gasteiger partial charge is 0.0654 e. The fourth-order valence-corrected chi connectivity index (χ4v) is 1.91. The van der Waals surface area contributed by atoms with Crippen LogP contribution in [-0.4, -0.2) is 0 Å². The average Bonchev–Trinajstić information content (AvgIpc) is 1.87. The van der Waals surface area contributed by atoms with E-state index in [9.17, 15) is 0 Å². The molecule has 0 N–H and O–H groups in total. The molecule has 0 aromatic heterocycles. The van der Waals surface area contributed by atoms with Crippen LogP contribution in [0.5, 0.6) is 0 Å². The van der Waals surface area contributed by atoms with Gasteiger partial charge in [0.15, 0.2) is 0 Å². The smallest absolute Gasteiger partial charge is 0.0326 e. The lowest BCUT2D eigenvalue weighted by Crippen LogP contribution is -2.34. The Morgan fingerprint density at radius 3 is 2.40 bits per heavy atom. The van der Waals surface area contributed by atoms with E-state index in [0.717, 1.165) is 5.92 Å². The van der Waals surface area contributed by atoms with Crippen molar-refractivity contribution in [2.24, 2.45) is 11.3 Å². The first-order valence-corrected chi connectivity index (χ1v) is 4.67. The van der Waals surface area contributed by atoms with E-state index in [-0.39, 0.29) is 0 Å². The molecule has 10 heavy (non-hydrogen) atoms. The van der Waals surface area contributed by atoms with Crippen molar-refractivity contribution in [1.29, 1.82) is 0 Å². The van der Waals surface area contributed by atoms with Gasteiger partial charge < -0.3 is 0 Å². The first kappa shape index (κ1) is 8.10. The van der Waals surface area contributed by atoms with Gasteiger partial charge in [-0.05, 0) is 30.6 Å². The monoisotopic (exact) mass is 140 g/mol. The fourth-order valence-electron chi connectivity index (χ4n) is 1.91. The number of hydrogen-bond donors (Lipinski definition) is 0. The van der Waals surface area contributed by atoms with E-state index in [1.807, 2.05) is 0 Å². The molecule has 0 saturated heterocycles. The maximum Gasteiger partial charge on any atom is -0.0326 e. The zero-order valence-corrected chi connectivity index (χ0v) is 7.61. The topological polar surface area (TPSA) is 0 Å². The van der Waals surface area contributed by atoms with Crippen LogP contribution in [0.3, 0.4) is 0 Å². The molecule has 0 spiro atoms. The Hall–Kier alpha value is 0. The van der Waals surface area contributed by atoms with E-state index >= 15 is 0 Å². The molecule has 1 unspecified atom stereocenters. The molecule has 0 aliphatic heterocycles. The molecule has 1 rings (SSSR count). The standard InChI is InChI=1S/C10H20/c1-4-5-6-9-7-8-10(9,2)3/h9H,4-8H2,1-3H3. The van der Waals surface area contributed by atoms with E-state index in [2.05, 4.69) is 20.8 Å². The lowest BCUT2D eigenvalue weighted by atomic mass is 9.61. The lowest BCUT2D eigenvalue weighted by molar-refractivity contribution is 0.0627. The first-order chi connectivity index (χ1) is 4.67. The van der Waals surface area contributed by atoms with Gasteiger partial charge in [0.25, 0.3) is 0 Å². The number of rotatable bonds is 3. The van der Waals surface area contributed by atoms with Gasteiger partial charge in [-0.25, -0.2) is 0 Å². The van der Waals surface area contributed by atoms with Crippen LogP contribution in [0.4, 0.5) is 0 Å². The second-order valence-corrected chi connectivity index (χ2v) is 4.37. The van der Waals surface area contributed by atoms with Gasteiger partial charge >= 0.3 is 0 Å². The summed E-state index contributed by atoms with van der Waals surface area (Å²) in [5, 5.41) is 0. The molecule has 0 heterocycles. The number of hydrogen-bond acceptors (Lipinski definition) is 0. The van der Waals surface area contributed by atoms with E-state index < -0.39 is 0 Å². The average molecular weight is 140 g/mol. The van der Waals surface area contributed by atoms with Crippen molar-refractivity contribution in [3.05, 3.63) is 0 Å². The Morgan fingerprint density at radius 1 is 1.40 bits per heavy atom.